The van der Waals surface area contributed by atoms with Crippen LogP contribution in [-0.2, 0) is 12.8 Å². The highest BCUT2D eigenvalue weighted by Gasteiger charge is 2.14. The van der Waals surface area contributed by atoms with Crippen LogP contribution in [0.2, 0.25) is 15.1 Å². The Labute approximate surface area is 139 Å². The summed E-state index contributed by atoms with van der Waals surface area (Å²) in [5.41, 5.74) is 1.56. The molecule has 0 radical (unpaired) electrons. The Bertz CT molecular complexity index is 631. The van der Waals surface area contributed by atoms with Gasteiger partial charge < -0.3 is 5.32 Å². The first-order valence-corrected chi connectivity index (χ1v) is 7.68. The number of likely N-dealkylation sites (N-methyl/N-ethyl adjacent to an activating group) is 1. The van der Waals surface area contributed by atoms with E-state index < -0.39 is 0 Å². The van der Waals surface area contributed by atoms with Gasteiger partial charge in [-0.2, -0.15) is 0 Å². The van der Waals surface area contributed by atoms with Gasteiger partial charge in [0, 0.05) is 16.1 Å². The summed E-state index contributed by atoms with van der Waals surface area (Å²) in [6.45, 7) is 0. The number of hydrogen-bond donors (Lipinski definition) is 1. The van der Waals surface area contributed by atoms with E-state index in [4.69, 9.17) is 34.8 Å². The molecule has 1 atom stereocenters. The smallest absolute Gasteiger partial charge is 0.145 e. The van der Waals surface area contributed by atoms with Gasteiger partial charge in [0.05, 0.1) is 5.02 Å². The normalized spacial score (nSPS) is 12.4. The minimum absolute atomic E-state index is 0.0524. The summed E-state index contributed by atoms with van der Waals surface area (Å²) in [5.74, 6) is -0.360. The van der Waals surface area contributed by atoms with Crippen molar-refractivity contribution < 1.29 is 4.39 Å². The molecule has 5 heteroatoms. The van der Waals surface area contributed by atoms with Gasteiger partial charge in [-0.3, -0.25) is 0 Å². The monoisotopic (exact) mass is 345 g/mol. The van der Waals surface area contributed by atoms with Gasteiger partial charge in [0.2, 0.25) is 0 Å². The lowest BCUT2D eigenvalue weighted by Gasteiger charge is -2.18. The van der Waals surface area contributed by atoms with Gasteiger partial charge in [0.25, 0.3) is 0 Å². The molecule has 0 amide bonds. The fourth-order valence-electron chi connectivity index (χ4n) is 2.20. The zero-order chi connectivity index (χ0) is 15.4. The van der Waals surface area contributed by atoms with E-state index >= 15 is 0 Å². The van der Waals surface area contributed by atoms with Crippen LogP contribution in [0.5, 0.6) is 0 Å². The maximum absolute atomic E-state index is 14.0. The summed E-state index contributed by atoms with van der Waals surface area (Å²) in [5, 5.41) is 4.55. The number of rotatable bonds is 5. The first kappa shape index (κ1) is 16.6. The highest BCUT2D eigenvalue weighted by molar-refractivity contribution is 6.35. The number of hydrogen-bond acceptors (Lipinski definition) is 1. The topological polar surface area (TPSA) is 12.0 Å². The second-order valence-electron chi connectivity index (χ2n) is 4.84. The van der Waals surface area contributed by atoms with Crippen LogP contribution in [-0.4, -0.2) is 13.1 Å². The summed E-state index contributed by atoms with van der Waals surface area (Å²) < 4.78 is 14.0. The molecule has 0 aliphatic rings. The Balaban J connectivity index is 2.15. The predicted molar refractivity (Wildman–Crippen MR) is 88.1 cm³/mol. The summed E-state index contributed by atoms with van der Waals surface area (Å²) in [6.07, 6.45) is 1.21. The van der Waals surface area contributed by atoms with Crippen molar-refractivity contribution in [3.8, 4) is 0 Å². The highest BCUT2D eigenvalue weighted by atomic mass is 35.5. The van der Waals surface area contributed by atoms with Crippen LogP contribution in [0.15, 0.2) is 36.4 Å². The van der Waals surface area contributed by atoms with Gasteiger partial charge >= 0.3 is 0 Å². The van der Waals surface area contributed by atoms with Crippen molar-refractivity contribution in [2.45, 2.75) is 18.9 Å². The molecule has 112 valence electrons. The first-order chi connectivity index (χ1) is 10.0. The second kappa shape index (κ2) is 7.46. The minimum atomic E-state index is -0.360. The lowest BCUT2D eigenvalue weighted by Crippen LogP contribution is -2.30. The van der Waals surface area contributed by atoms with E-state index in [0.29, 0.717) is 28.5 Å². The average molecular weight is 347 g/mol. The largest absolute Gasteiger partial charge is 0.316 e. The van der Waals surface area contributed by atoms with E-state index in [1.54, 1.807) is 30.3 Å². The third-order valence-corrected chi connectivity index (χ3v) is 4.27. The quantitative estimate of drug-likeness (QED) is 0.788. The van der Waals surface area contributed by atoms with Crippen LogP contribution in [0.25, 0.3) is 0 Å². The van der Waals surface area contributed by atoms with Gasteiger partial charge in [-0.05, 0) is 49.2 Å². The second-order valence-corrected chi connectivity index (χ2v) is 6.09. The van der Waals surface area contributed by atoms with Crippen LogP contribution in [0.4, 0.5) is 4.39 Å². The molecule has 0 bridgehead atoms. The molecular formula is C16H15Cl3FN. The van der Waals surface area contributed by atoms with Crippen molar-refractivity contribution in [3.05, 3.63) is 68.4 Å². The molecule has 0 saturated carbocycles. The van der Waals surface area contributed by atoms with Crippen LogP contribution in [0, 0.1) is 5.82 Å². The molecule has 0 heterocycles. The highest BCUT2D eigenvalue weighted by Crippen LogP contribution is 2.24. The molecule has 2 aromatic rings. The molecule has 0 aliphatic carbocycles. The number of halogens is 4. The maximum atomic E-state index is 14.0. The summed E-state index contributed by atoms with van der Waals surface area (Å²) in [4.78, 5) is 0. The molecule has 0 aliphatic heterocycles. The number of nitrogens with one attached hydrogen (secondary N) is 1. The van der Waals surface area contributed by atoms with Crippen molar-refractivity contribution in [1.82, 2.24) is 5.32 Å². The molecule has 0 fully saturated rings. The molecule has 1 N–H and O–H groups in total. The first-order valence-electron chi connectivity index (χ1n) is 6.55. The fraction of sp³-hybridized carbons (Fsp3) is 0.250. The average Bonchev–Trinajstić information content (AvgIpc) is 2.45. The molecule has 1 unspecified atom stereocenters. The van der Waals surface area contributed by atoms with E-state index in [0.717, 1.165) is 5.56 Å². The van der Waals surface area contributed by atoms with Crippen molar-refractivity contribution in [3.63, 3.8) is 0 Å². The Morgan fingerprint density at radius 2 is 1.71 bits per heavy atom. The van der Waals surface area contributed by atoms with Crippen LogP contribution >= 0.6 is 34.8 Å². The molecular weight excluding hydrogens is 332 g/mol. The van der Waals surface area contributed by atoms with E-state index in [1.165, 1.54) is 0 Å². The zero-order valence-electron chi connectivity index (χ0n) is 11.5. The SMILES string of the molecule is CNC(Cc1ccc(Cl)cc1Cl)Cc1cccc(Cl)c1F. The van der Waals surface area contributed by atoms with E-state index in [9.17, 15) is 4.39 Å². The van der Waals surface area contributed by atoms with E-state index in [2.05, 4.69) is 5.32 Å². The van der Waals surface area contributed by atoms with Crippen molar-refractivity contribution in [2.24, 2.45) is 0 Å². The Morgan fingerprint density at radius 3 is 2.38 bits per heavy atom. The summed E-state index contributed by atoms with van der Waals surface area (Å²) in [7, 11) is 1.84. The fourth-order valence-corrected chi connectivity index (χ4v) is 2.88. The summed E-state index contributed by atoms with van der Waals surface area (Å²) >= 11 is 17.9. The minimum Gasteiger partial charge on any atom is -0.316 e. The third kappa shape index (κ3) is 4.33. The van der Waals surface area contributed by atoms with Gasteiger partial charge in [-0.1, -0.05) is 53.0 Å². The molecule has 21 heavy (non-hydrogen) atoms. The number of benzene rings is 2. The van der Waals surface area contributed by atoms with Gasteiger partial charge in [-0.25, -0.2) is 4.39 Å². The van der Waals surface area contributed by atoms with Gasteiger partial charge in [0.15, 0.2) is 0 Å². The Morgan fingerprint density at radius 1 is 1.00 bits per heavy atom. The Kier molecular flexibility index (Phi) is 5.88. The van der Waals surface area contributed by atoms with Crippen molar-refractivity contribution in [1.29, 1.82) is 0 Å². The zero-order valence-corrected chi connectivity index (χ0v) is 13.7. The van der Waals surface area contributed by atoms with Gasteiger partial charge in [-0.15, -0.1) is 0 Å². The third-order valence-electron chi connectivity index (χ3n) is 3.39. The molecule has 0 aromatic heterocycles. The van der Waals surface area contributed by atoms with Crippen LogP contribution < -0.4 is 5.32 Å². The Hall–Kier alpha value is -0.800. The van der Waals surface area contributed by atoms with Crippen molar-refractivity contribution >= 4 is 34.8 Å². The standard InChI is InChI=1S/C16H15Cl3FN/c1-21-13(7-10-5-6-12(17)9-15(10)19)8-11-3-2-4-14(18)16(11)20/h2-6,9,13,21H,7-8H2,1H3. The van der Waals surface area contributed by atoms with Gasteiger partial charge in [0.1, 0.15) is 5.82 Å². The predicted octanol–water partition coefficient (Wildman–Crippen LogP) is 5.16. The lowest BCUT2D eigenvalue weighted by atomic mass is 9.98. The van der Waals surface area contributed by atoms with E-state index in [1.807, 2.05) is 13.1 Å². The molecule has 0 saturated heterocycles. The van der Waals surface area contributed by atoms with Crippen LogP contribution in [0.1, 0.15) is 11.1 Å². The maximum Gasteiger partial charge on any atom is 0.145 e. The van der Waals surface area contributed by atoms with E-state index in [-0.39, 0.29) is 16.9 Å². The molecule has 0 spiro atoms. The molecule has 2 aromatic carbocycles. The molecule has 1 nitrogen and oxygen atoms in total. The lowest BCUT2D eigenvalue weighted by molar-refractivity contribution is 0.532. The van der Waals surface area contributed by atoms with Crippen molar-refractivity contribution in [2.75, 3.05) is 7.05 Å². The summed E-state index contributed by atoms with van der Waals surface area (Å²) in [6, 6.07) is 10.5. The molecule has 2 rings (SSSR count). The van der Waals surface area contributed by atoms with Crippen LogP contribution in [0.3, 0.4) is 0 Å².